The standard InChI is InChI=1S/C15H11ClO3/c1-9(17)11-7-6-10(16)8-14(11)12-4-2-3-5-13(12)15(18)19/h2-8H,1H3,(H,18,19). The molecule has 0 saturated carbocycles. The molecule has 4 heteroatoms. The Morgan fingerprint density at radius 1 is 1.00 bits per heavy atom. The predicted octanol–water partition coefficient (Wildman–Crippen LogP) is 3.91. The zero-order valence-electron chi connectivity index (χ0n) is 10.2. The third-order valence-electron chi connectivity index (χ3n) is 2.81. The molecule has 0 aliphatic rings. The Balaban J connectivity index is 2.75. The first-order valence-electron chi connectivity index (χ1n) is 5.64. The molecule has 0 fully saturated rings. The molecule has 19 heavy (non-hydrogen) atoms. The minimum atomic E-state index is -1.04. The van der Waals surface area contributed by atoms with E-state index < -0.39 is 5.97 Å². The Bertz CT molecular complexity index is 662. The largest absolute Gasteiger partial charge is 0.478 e. The van der Waals surface area contributed by atoms with Gasteiger partial charge in [-0.3, -0.25) is 4.79 Å². The van der Waals surface area contributed by atoms with E-state index in [1.54, 1.807) is 36.4 Å². The number of hydrogen-bond donors (Lipinski definition) is 1. The van der Waals surface area contributed by atoms with Crippen molar-refractivity contribution in [1.82, 2.24) is 0 Å². The number of carbonyl (C=O) groups is 2. The normalized spacial score (nSPS) is 10.2. The molecule has 0 heterocycles. The second-order valence-corrected chi connectivity index (χ2v) is 4.53. The van der Waals surface area contributed by atoms with E-state index in [1.165, 1.54) is 13.0 Å². The van der Waals surface area contributed by atoms with Crippen molar-refractivity contribution in [3.05, 3.63) is 58.6 Å². The molecule has 2 aromatic carbocycles. The first-order chi connectivity index (χ1) is 9.00. The molecule has 0 saturated heterocycles. The van der Waals surface area contributed by atoms with Crippen molar-refractivity contribution in [3.63, 3.8) is 0 Å². The topological polar surface area (TPSA) is 54.4 Å². The highest BCUT2D eigenvalue weighted by Gasteiger charge is 2.16. The lowest BCUT2D eigenvalue weighted by Crippen LogP contribution is -2.02. The van der Waals surface area contributed by atoms with Gasteiger partial charge in [-0.15, -0.1) is 0 Å². The van der Waals surface area contributed by atoms with Crippen molar-refractivity contribution in [3.8, 4) is 11.1 Å². The van der Waals surface area contributed by atoms with Crippen LogP contribution in [0.1, 0.15) is 27.6 Å². The molecule has 3 nitrogen and oxygen atoms in total. The lowest BCUT2D eigenvalue weighted by atomic mass is 9.94. The summed E-state index contributed by atoms with van der Waals surface area (Å²) in [5.41, 5.74) is 1.63. The van der Waals surface area contributed by atoms with E-state index in [2.05, 4.69) is 0 Å². The molecule has 96 valence electrons. The number of hydrogen-bond acceptors (Lipinski definition) is 2. The van der Waals surface area contributed by atoms with Gasteiger partial charge in [-0.05, 0) is 42.3 Å². The number of aromatic carboxylic acids is 1. The number of ketones is 1. The van der Waals surface area contributed by atoms with Crippen LogP contribution in [0.3, 0.4) is 0 Å². The van der Waals surface area contributed by atoms with Gasteiger partial charge < -0.3 is 5.11 Å². The molecule has 2 rings (SSSR count). The van der Waals surface area contributed by atoms with Gasteiger partial charge in [0.25, 0.3) is 0 Å². The summed E-state index contributed by atoms with van der Waals surface area (Å²) in [7, 11) is 0. The van der Waals surface area contributed by atoms with Gasteiger partial charge in [-0.1, -0.05) is 29.8 Å². The lowest BCUT2D eigenvalue weighted by molar-refractivity contribution is 0.0697. The van der Waals surface area contributed by atoms with Crippen molar-refractivity contribution >= 4 is 23.4 Å². The van der Waals surface area contributed by atoms with Crippen LogP contribution in [0.4, 0.5) is 0 Å². The second-order valence-electron chi connectivity index (χ2n) is 4.10. The zero-order valence-corrected chi connectivity index (χ0v) is 10.9. The minimum Gasteiger partial charge on any atom is -0.478 e. The average Bonchev–Trinajstić information content (AvgIpc) is 2.38. The van der Waals surface area contributed by atoms with E-state index in [9.17, 15) is 14.7 Å². The first kappa shape index (κ1) is 13.3. The Kier molecular flexibility index (Phi) is 3.67. The van der Waals surface area contributed by atoms with Crippen molar-refractivity contribution in [2.45, 2.75) is 6.92 Å². The second kappa shape index (κ2) is 5.24. The molecule has 0 bridgehead atoms. The van der Waals surface area contributed by atoms with Crippen molar-refractivity contribution in [1.29, 1.82) is 0 Å². The van der Waals surface area contributed by atoms with Gasteiger partial charge in [0.15, 0.2) is 5.78 Å². The summed E-state index contributed by atoms with van der Waals surface area (Å²) in [5.74, 6) is -1.17. The van der Waals surface area contributed by atoms with Gasteiger partial charge in [0.1, 0.15) is 0 Å². The van der Waals surface area contributed by atoms with E-state index in [1.807, 2.05) is 0 Å². The van der Waals surface area contributed by atoms with Crippen LogP contribution in [0.15, 0.2) is 42.5 Å². The van der Waals surface area contributed by atoms with E-state index in [0.29, 0.717) is 21.7 Å². The predicted molar refractivity (Wildman–Crippen MR) is 73.9 cm³/mol. The van der Waals surface area contributed by atoms with Crippen molar-refractivity contribution in [2.24, 2.45) is 0 Å². The van der Waals surface area contributed by atoms with Gasteiger partial charge in [-0.25, -0.2) is 4.79 Å². The maximum atomic E-state index is 11.6. The number of Topliss-reactive ketones (excluding diaryl/α,β-unsaturated/α-hetero) is 1. The van der Waals surface area contributed by atoms with Crippen molar-refractivity contribution < 1.29 is 14.7 Å². The highest BCUT2D eigenvalue weighted by molar-refractivity contribution is 6.31. The SMILES string of the molecule is CC(=O)c1ccc(Cl)cc1-c1ccccc1C(=O)O. The third-order valence-corrected chi connectivity index (χ3v) is 3.04. The van der Waals surface area contributed by atoms with E-state index in [-0.39, 0.29) is 11.3 Å². The summed E-state index contributed by atoms with van der Waals surface area (Å²) in [4.78, 5) is 22.9. The Morgan fingerprint density at radius 3 is 2.32 bits per heavy atom. The van der Waals surface area contributed by atoms with E-state index >= 15 is 0 Å². The molecule has 0 unspecified atom stereocenters. The fraction of sp³-hybridized carbons (Fsp3) is 0.0667. The summed E-state index contributed by atoms with van der Waals surface area (Å²) in [6, 6.07) is 11.4. The maximum absolute atomic E-state index is 11.6. The lowest BCUT2D eigenvalue weighted by Gasteiger charge is -2.10. The fourth-order valence-electron chi connectivity index (χ4n) is 1.95. The number of benzene rings is 2. The summed E-state index contributed by atoms with van der Waals surface area (Å²) in [6.07, 6.45) is 0. The van der Waals surface area contributed by atoms with Gasteiger partial charge in [0.05, 0.1) is 5.56 Å². The number of carboxylic acids is 1. The Morgan fingerprint density at radius 2 is 1.68 bits per heavy atom. The van der Waals surface area contributed by atoms with Crippen LogP contribution in [-0.2, 0) is 0 Å². The van der Waals surface area contributed by atoms with Gasteiger partial charge in [0, 0.05) is 10.6 Å². The highest BCUT2D eigenvalue weighted by Crippen LogP contribution is 2.30. The molecular weight excluding hydrogens is 264 g/mol. The van der Waals surface area contributed by atoms with Gasteiger partial charge >= 0.3 is 5.97 Å². The minimum absolute atomic E-state index is 0.133. The Hall–Kier alpha value is -2.13. The summed E-state index contributed by atoms with van der Waals surface area (Å²) in [6.45, 7) is 1.44. The quantitative estimate of drug-likeness (QED) is 0.864. The average molecular weight is 275 g/mol. The maximum Gasteiger partial charge on any atom is 0.336 e. The summed E-state index contributed by atoms with van der Waals surface area (Å²) < 4.78 is 0. The van der Waals surface area contributed by atoms with Crippen LogP contribution in [0.25, 0.3) is 11.1 Å². The molecule has 0 amide bonds. The van der Waals surface area contributed by atoms with E-state index in [0.717, 1.165) is 0 Å². The Labute approximate surface area is 115 Å². The molecule has 2 aromatic rings. The number of carbonyl (C=O) groups excluding carboxylic acids is 1. The monoisotopic (exact) mass is 274 g/mol. The van der Waals surface area contributed by atoms with Gasteiger partial charge in [0.2, 0.25) is 0 Å². The first-order valence-corrected chi connectivity index (χ1v) is 6.01. The van der Waals surface area contributed by atoms with Crippen LogP contribution < -0.4 is 0 Å². The van der Waals surface area contributed by atoms with Crippen LogP contribution in [0.5, 0.6) is 0 Å². The molecule has 0 aromatic heterocycles. The molecule has 0 radical (unpaired) electrons. The summed E-state index contributed by atoms with van der Waals surface area (Å²) in [5, 5.41) is 9.67. The van der Waals surface area contributed by atoms with Crippen LogP contribution >= 0.6 is 11.6 Å². The molecule has 0 aliphatic heterocycles. The molecule has 1 N–H and O–H groups in total. The van der Waals surface area contributed by atoms with Crippen molar-refractivity contribution in [2.75, 3.05) is 0 Å². The van der Waals surface area contributed by atoms with Crippen LogP contribution in [0, 0.1) is 0 Å². The summed E-state index contributed by atoms with van der Waals surface area (Å²) >= 11 is 5.94. The van der Waals surface area contributed by atoms with Gasteiger partial charge in [-0.2, -0.15) is 0 Å². The fourth-order valence-corrected chi connectivity index (χ4v) is 2.12. The highest BCUT2D eigenvalue weighted by atomic mass is 35.5. The third kappa shape index (κ3) is 2.66. The van der Waals surface area contributed by atoms with Crippen LogP contribution in [-0.4, -0.2) is 16.9 Å². The number of rotatable bonds is 3. The molecular formula is C15H11ClO3. The molecule has 0 spiro atoms. The molecule has 0 atom stereocenters. The number of halogens is 1. The number of carboxylic acid groups (broad SMARTS) is 1. The molecule has 0 aliphatic carbocycles. The van der Waals surface area contributed by atoms with E-state index in [4.69, 9.17) is 11.6 Å². The zero-order chi connectivity index (χ0) is 14.0. The smallest absolute Gasteiger partial charge is 0.336 e. The van der Waals surface area contributed by atoms with Crippen LogP contribution in [0.2, 0.25) is 5.02 Å².